The second kappa shape index (κ2) is 6.14. The normalized spacial score (nSPS) is 12.8. The van der Waals surface area contributed by atoms with Crippen molar-refractivity contribution in [2.24, 2.45) is 0 Å². The maximum absolute atomic E-state index is 12.9. The monoisotopic (exact) mass is 260 g/mol. The molecule has 1 atom stereocenters. The van der Waals surface area contributed by atoms with Crippen molar-refractivity contribution in [3.63, 3.8) is 0 Å². The molecule has 78 valence electrons. The van der Waals surface area contributed by atoms with Gasteiger partial charge in [0, 0.05) is 11.9 Å². The minimum atomic E-state index is -0.214. The fraction of sp³-hybridized carbons (Fsp3) is 0.455. The van der Waals surface area contributed by atoms with Gasteiger partial charge in [-0.1, -0.05) is 35.0 Å². The molecule has 0 saturated heterocycles. The summed E-state index contributed by atoms with van der Waals surface area (Å²) in [6, 6.07) is 6.54. The summed E-state index contributed by atoms with van der Waals surface area (Å²) >= 11 is 3.36. The zero-order valence-electron chi connectivity index (χ0n) is 8.17. The molecule has 0 radical (unpaired) electrons. The van der Waals surface area contributed by atoms with E-state index in [1.807, 2.05) is 6.07 Å². The Morgan fingerprint density at radius 1 is 1.50 bits per heavy atom. The Balaban J connectivity index is 2.68. The molecule has 1 unspecified atom stereocenters. The van der Waals surface area contributed by atoms with Gasteiger partial charge in [-0.3, -0.25) is 0 Å². The lowest BCUT2D eigenvalue weighted by Crippen LogP contribution is -2.06. The second-order valence-electron chi connectivity index (χ2n) is 3.07. The third-order valence-corrected chi connectivity index (χ3v) is 2.47. The van der Waals surface area contributed by atoms with E-state index in [1.54, 1.807) is 6.07 Å². The van der Waals surface area contributed by atoms with Crippen LogP contribution in [0.4, 0.5) is 4.39 Å². The van der Waals surface area contributed by atoms with Gasteiger partial charge < -0.3 is 4.74 Å². The standard InChI is InChI=1S/C11H14BrFO/c1-2-6-14-11(8-12)9-4-3-5-10(13)7-9/h3-5,7,11H,2,6,8H2,1H3. The van der Waals surface area contributed by atoms with Crippen LogP contribution in [0, 0.1) is 5.82 Å². The van der Waals surface area contributed by atoms with Crippen LogP contribution in [0.1, 0.15) is 25.0 Å². The molecule has 0 amide bonds. The fourth-order valence-corrected chi connectivity index (χ4v) is 1.76. The lowest BCUT2D eigenvalue weighted by molar-refractivity contribution is 0.0702. The first-order chi connectivity index (χ1) is 6.77. The van der Waals surface area contributed by atoms with Crippen molar-refractivity contribution < 1.29 is 9.13 Å². The van der Waals surface area contributed by atoms with Crippen LogP contribution < -0.4 is 0 Å². The molecule has 0 aromatic heterocycles. The average molecular weight is 261 g/mol. The predicted octanol–water partition coefficient (Wildman–Crippen LogP) is 3.69. The lowest BCUT2D eigenvalue weighted by atomic mass is 10.1. The summed E-state index contributed by atoms with van der Waals surface area (Å²) in [7, 11) is 0. The van der Waals surface area contributed by atoms with Gasteiger partial charge in [-0.25, -0.2) is 4.39 Å². The van der Waals surface area contributed by atoms with E-state index in [9.17, 15) is 4.39 Å². The zero-order valence-corrected chi connectivity index (χ0v) is 9.76. The minimum absolute atomic E-state index is 0.0503. The lowest BCUT2D eigenvalue weighted by Gasteiger charge is -2.15. The summed E-state index contributed by atoms with van der Waals surface area (Å²) in [5.41, 5.74) is 0.885. The van der Waals surface area contributed by atoms with Gasteiger partial charge in [-0.2, -0.15) is 0 Å². The van der Waals surface area contributed by atoms with Crippen LogP contribution in [0.2, 0.25) is 0 Å². The molecule has 1 nitrogen and oxygen atoms in total. The van der Waals surface area contributed by atoms with Crippen molar-refractivity contribution in [3.8, 4) is 0 Å². The van der Waals surface area contributed by atoms with Crippen LogP contribution in [-0.2, 0) is 4.74 Å². The van der Waals surface area contributed by atoms with Crippen molar-refractivity contribution in [1.29, 1.82) is 0 Å². The molecule has 14 heavy (non-hydrogen) atoms. The summed E-state index contributed by atoms with van der Waals surface area (Å²) in [6.45, 7) is 2.75. The third kappa shape index (κ3) is 3.39. The molecular formula is C11H14BrFO. The van der Waals surface area contributed by atoms with E-state index in [0.29, 0.717) is 11.9 Å². The van der Waals surface area contributed by atoms with Crippen molar-refractivity contribution >= 4 is 15.9 Å². The Labute approximate surface area is 92.4 Å². The zero-order chi connectivity index (χ0) is 10.4. The topological polar surface area (TPSA) is 9.23 Å². The fourth-order valence-electron chi connectivity index (χ4n) is 1.20. The van der Waals surface area contributed by atoms with Gasteiger partial charge in [0.15, 0.2) is 0 Å². The van der Waals surface area contributed by atoms with Crippen LogP contribution in [-0.4, -0.2) is 11.9 Å². The Bertz CT molecular complexity index is 278. The summed E-state index contributed by atoms with van der Waals surface area (Å²) in [5.74, 6) is -0.214. The summed E-state index contributed by atoms with van der Waals surface area (Å²) in [6.07, 6.45) is 0.921. The summed E-state index contributed by atoms with van der Waals surface area (Å²) < 4.78 is 18.5. The number of rotatable bonds is 5. The summed E-state index contributed by atoms with van der Waals surface area (Å²) in [5, 5.41) is 0.691. The first-order valence-electron chi connectivity index (χ1n) is 4.71. The molecule has 1 aromatic carbocycles. The average Bonchev–Trinajstić information content (AvgIpc) is 2.19. The number of hydrogen-bond donors (Lipinski definition) is 0. The molecule has 0 spiro atoms. The highest BCUT2D eigenvalue weighted by atomic mass is 79.9. The van der Waals surface area contributed by atoms with Crippen molar-refractivity contribution in [1.82, 2.24) is 0 Å². The number of ether oxygens (including phenoxy) is 1. The molecular weight excluding hydrogens is 247 g/mol. The second-order valence-corrected chi connectivity index (χ2v) is 3.72. The first kappa shape index (κ1) is 11.7. The molecule has 1 rings (SSSR count). The van der Waals surface area contributed by atoms with Crippen LogP contribution in [0.5, 0.6) is 0 Å². The highest BCUT2D eigenvalue weighted by Crippen LogP contribution is 2.20. The van der Waals surface area contributed by atoms with E-state index in [2.05, 4.69) is 22.9 Å². The minimum Gasteiger partial charge on any atom is -0.373 e. The highest BCUT2D eigenvalue weighted by Gasteiger charge is 2.10. The molecule has 0 heterocycles. The molecule has 3 heteroatoms. The van der Waals surface area contributed by atoms with Gasteiger partial charge in [0.2, 0.25) is 0 Å². The summed E-state index contributed by atoms with van der Waals surface area (Å²) in [4.78, 5) is 0. The molecule has 0 fully saturated rings. The number of hydrogen-bond acceptors (Lipinski definition) is 1. The van der Waals surface area contributed by atoms with E-state index in [-0.39, 0.29) is 11.9 Å². The maximum atomic E-state index is 12.9. The number of benzene rings is 1. The van der Waals surface area contributed by atoms with Gasteiger partial charge in [-0.15, -0.1) is 0 Å². The molecule has 0 aliphatic carbocycles. The Morgan fingerprint density at radius 2 is 2.29 bits per heavy atom. The van der Waals surface area contributed by atoms with E-state index in [4.69, 9.17) is 4.74 Å². The first-order valence-corrected chi connectivity index (χ1v) is 5.83. The molecule has 1 aromatic rings. The third-order valence-electron chi connectivity index (χ3n) is 1.88. The van der Waals surface area contributed by atoms with Gasteiger partial charge in [0.1, 0.15) is 5.82 Å². The molecule has 0 aliphatic rings. The molecule has 0 saturated carbocycles. The van der Waals surface area contributed by atoms with Crippen LogP contribution in [0.25, 0.3) is 0 Å². The molecule has 0 bridgehead atoms. The van der Waals surface area contributed by atoms with Crippen molar-refractivity contribution in [2.75, 3.05) is 11.9 Å². The van der Waals surface area contributed by atoms with Gasteiger partial charge in [0.25, 0.3) is 0 Å². The van der Waals surface area contributed by atoms with E-state index >= 15 is 0 Å². The van der Waals surface area contributed by atoms with E-state index < -0.39 is 0 Å². The SMILES string of the molecule is CCCOC(CBr)c1cccc(F)c1. The highest BCUT2D eigenvalue weighted by molar-refractivity contribution is 9.09. The van der Waals surface area contributed by atoms with Crippen LogP contribution in [0.3, 0.4) is 0 Å². The predicted molar refractivity (Wildman–Crippen MR) is 59.2 cm³/mol. The smallest absolute Gasteiger partial charge is 0.123 e. The molecule has 0 N–H and O–H groups in total. The van der Waals surface area contributed by atoms with Crippen LogP contribution in [0.15, 0.2) is 24.3 Å². The van der Waals surface area contributed by atoms with Gasteiger partial charge in [-0.05, 0) is 24.1 Å². The Hall–Kier alpha value is -0.410. The Morgan fingerprint density at radius 3 is 2.86 bits per heavy atom. The van der Waals surface area contributed by atoms with E-state index in [1.165, 1.54) is 12.1 Å². The quantitative estimate of drug-likeness (QED) is 0.734. The van der Waals surface area contributed by atoms with Crippen LogP contribution >= 0.6 is 15.9 Å². The van der Waals surface area contributed by atoms with Crippen molar-refractivity contribution in [3.05, 3.63) is 35.6 Å². The maximum Gasteiger partial charge on any atom is 0.123 e. The van der Waals surface area contributed by atoms with E-state index in [0.717, 1.165) is 12.0 Å². The Kier molecular flexibility index (Phi) is 5.12. The number of alkyl halides is 1. The number of halogens is 2. The molecule has 0 aliphatic heterocycles. The van der Waals surface area contributed by atoms with Gasteiger partial charge >= 0.3 is 0 Å². The van der Waals surface area contributed by atoms with Crippen molar-refractivity contribution in [2.45, 2.75) is 19.4 Å². The van der Waals surface area contributed by atoms with Gasteiger partial charge in [0.05, 0.1) is 6.10 Å². The largest absolute Gasteiger partial charge is 0.373 e.